The van der Waals surface area contributed by atoms with E-state index in [0.29, 0.717) is 22.2 Å². The molecule has 0 fully saturated rings. The van der Waals surface area contributed by atoms with Crippen LogP contribution in [0.3, 0.4) is 0 Å². The van der Waals surface area contributed by atoms with Crippen molar-refractivity contribution in [3.8, 4) is 0 Å². The van der Waals surface area contributed by atoms with E-state index in [-0.39, 0.29) is 17.9 Å². The molecule has 1 aliphatic rings. The van der Waals surface area contributed by atoms with Crippen molar-refractivity contribution in [1.29, 1.82) is 0 Å². The second-order valence-electron chi connectivity index (χ2n) is 4.41. The van der Waals surface area contributed by atoms with Gasteiger partial charge in [-0.25, -0.2) is 9.37 Å². The van der Waals surface area contributed by atoms with Crippen LogP contribution in [0.25, 0.3) is 0 Å². The molecule has 0 spiro atoms. The van der Waals surface area contributed by atoms with Gasteiger partial charge in [0.15, 0.2) is 5.78 Å². The van der Waals surface area contributed by atoms with Gasteiger partial charge in [-0.3, -0.25) is 14.9 Å². The first-order valence-electron chi connectivity index (χ1n) is 6.03. The highest BCUT2D eigenvalue weighted by Gasteiger charge is 2.22. The number of aromatic amines is 1. The lowest BCUT2D eigenvalue weighted by Gasteiger charge is -2.14. The molecule has 0 amide bonds. The van der Waals surface area contributed by atoms with Gasteiger partial charge in [0.25, 0.3) is 0 Å². The molecule has 0 aliphatic carbocycles. The number of aliphatic imine (C=N–C) groups is 1. The first-order valence-corrected chi connectivity index (χ1v) is 7.02. The van der Waals surface area contributed by atoms with Crippen LogP contribution >= 0.6 is 11.8 Å². The van der Waals surface area contributed by atoms with E-state index >= 15 is 0 Å². The van der Waals surface area contributed by atoms with Gasteiger partial charge in [0.1, 0.15) is 17.3 Å². The number of hydrogen-bond donors (Lipinski definition) is 1. The summed E-state index contributed by atoms with van der Waals surface area (Å²) in [7, 11) is 0. The van der Waals surface area contributed by atoms with E-state index in [4.69, 9.17) is 0 Å². The zero-order chi connectivity index (χ0) is 14.1. The molecule has 0 bridgehead atoms. The number of para-hydroxylation sites is 1. The maximum atomic E-state index is 13.7. The largest absolute Gasteiger partial charge is 0.294 e. The fourth-order valence-corrected chi connectivity index (χ4v) is 2.72. The molecule has 102 valence electrons. The molecule has 0 radical (unpaired) electrons. The van der Waals surface area contributed by atoms with Gasteiger partial charge >= 0.3 is 0 Å². The quantitative estimate of drug-likeness (QED) is 0.882. The highest BCUT2D eigenvalue weighted by molar-refractivity contribution is 7.99. The lowest BCUT2D eigenvalue weighted by molar-refractivity contribution is 0.0999. The Labute approximate surface area is 118 Å². The number of thioether (sulfide) groups is 1. The van der Waals surface area contributed by atoms with Crippen molar-refractivity contribution in [2.24, 2.45) is 4.99 Å². The monoisotopic (exact) mass is 290 g/mol. The van der Waals surface area contributed by atoms with Gasteiger partial charge in [-0.2, -0.15) is 0 Å². The van der Waals surface area contributed by atoms with Gasteiger partial charge in [-0.15, -0.1) is 5.10 Å². The smallest absolute Gasteiger partial charge is 0.208 e. The Morgan fingerprint density at radius 2 is 2.30 bits per heavy atom. The van der Waals surface area contributed by atoms with E-state index in [1.165, 1.54) is 23.9 Å². The van der Waals surface area contributed by atoms with E-state index in [1.807, 2.05) is 6.92 Å². The molecule has 1 aliphatic heterocycles. The number of H-pyrrole nitrogens is 1. The second kappa shape index (κ2) is 5.16. The maximum Gasteiger partial charge on any atom is 0.208 e. The van der Waals surface area contributed by atoms with Crippen LogP contribution in [-0.2, 0) is 0 Å². The number of benzene rings is 1. The number of nitrogens with zero attached hydrogens (tertiary/aromatic N) is 3. The van der Waals surface area contributed by atoms with Crippen molar-refractivity contribution in [2.45, 2.75) is 18.5 Å². The fourth-order valence-electron chi connectivity index (χ4n) is 1.95. The van der Waals surface area contributed by atoms with Gasteiger partial charge in [0, 0.05) is 17.0 Å². The Morgan fingerprint density at radius 3 is 3.05 bits per heavy atom. The molecular weight excluding hydrogens is 279 g/mol. The van der Waals surface area contributed by atoms with Crippen molar-refractivity contribution in [1.82, 2.24) is 15.2 Å². The number of halogens is 1. The number of rotatable bonds is 3. The molecule has 0 atom stereocenters. The van der Waals surface area contributed by atoms with E-state index in [2.05, 4.69) is 20.2 Å². The lowest BCUT2D eigenvalue weighted by atomic mass is 10.0. The molecular formula is C13H11FN4OS. The predicted octanol–water partition coefficient (Wildman–Crippen LogP) is 2.70. The summed E-state index contributed by atoms with van der Waals surface area (Å²) >= 11 is 1.37. The minimum Gasteiger partial charge on any atom is -0.294 e. The van der Waals surface area contributed by atoms with E-state index in [0.717, 1.165) is 5.82 Å². The van der Waals surface area contributed by atoms with Gasteiger partial charge in [0.2, 0.25) is 5.16 Å². The Kier molecular flexibility index (Phi) is 3.35. The number of Topliss-reactive ketones (excluding diaryl/α,β-unsaturated/α-hetero) is 1. The molecule has 0 saturated carbocycles. The molecule has 5 nitrogen and oxygen atoms in total. The van der Waals surface area contributed by atoms with Crippen molar-refractivity contribution in [3.63, 3.8) is 0 Å². The first kappa shape index (κ1) is 13.0. The summed E-state index contributed by atoms with van der Waals surface area (Å²) in [6.45, 7) is 1.81. The lowest BCUT2D eigenvalue weighted by Crippen LogP contribution is -2.16. The highest BCUT2D eigenvalue weighted by atomic mass is 32.2. The number of carbonyl (C=O) groups is 1. The molecule has 1 aromatic carbocycles. The van der Waals surface area contributed by atoms with Crippen LogP contribution in [0, 0.1) is 12.7 Å². The average Bonchev–Trinajstić information content (AvgIpc) is 2.84. The molecule has 0 unspecified atom stereocenters. The van der Waals surface area contributed by atoms with Crippen LogP contribution in [0.2, 0.25) is 0 Å². The second-order valence-corrected chi connectivity index (χ2v) is 5.35. The normalized spacial score (nSPS) is 14.1. The van der Waals surface area contributed by atoms with Crippen molar-refractivity contribution in [3.05, 3.63) is 35.4 Å². The van der Waals surface area contributed by atoms with Crippen LogP contribution < -0.4 is 0 Å². The Bertz CT molecular complexity index is 710. The van der Waals surface area contributed by atoms with E-state index in [9.17, 15) is 9.18 Å². The third-order valence-corrected chi connectivity index (χ3v) is 3.78. The summed E-state index contributed by atoms with van der Waals surface area (Å²) < 4.78 is 13.7. The average molecular weight is 290 g/mol. The third kappa shape index (κ3) is 2.49. The standard InChI is InChI=1S/C13H11FN4OS/c1-7-15-13(18-17-7)20-6-8-5-11(19)9-3-2-4-10(14)12(9)16-8/h2-4H,5-6H2,1H3,(H,15,17,18). The van der Waals surface area contributed by atoms with Crippen LogP contribution in [0.5, 0.6) is 0 Å². The molecule has 7 heteroatoms. The van der Waals surface area contributed by atoms with Crippen molar-refractivity contribution >= 4 is 28.9 Å². The maximum absolute atomic E-state index is 13.7. The van der Waals surface area contributed by atoms with Crippen molar-refractivity contribution in [2.75, 3.05) is 5.75 Å². The SMILES string of the molecule is Cc1nc(SCC2=Nc3c(F)cccc3C(=O)C2)n[nH]1. The number of aryl methyl sites for hydroxylation is 1. The van der Waals surface area contributed by atoms with Gasteiger partial charge in [0.05, 0.1) is 6.42 Å². The van der Waals surface area contributed by atoms with Crippen LogP contribution in [-0.4, -0.2) is 32.4 Å². The van der Waals surface area contributed by atoms with Crippen LogP contribution in [0.15, 0.2) is 28.3 Å². The first-order chi connectivity index (χ1) is 9.63. The van der Waals surface area contributed by atoms with Gasteiger partial charge in [-0.1, -0.05) is 17.8 Å². The number of carbonyl (C=O) groups excluding carboxylic acids is 1. The Balaban J connectivity index is 1.81. The molecule has 3 rings (SSSR count). The van der Waals surface area contributed by atoms with Crippen LogP contribution in [0.1, 0.15) is 22.6 Å². The third-order valence-electron chi connectivity index (χ3n) is 2.87. The predicted molar refractivity (Wildman–Crippen MR) is 74.3 cm³/mol. The Morgan fingerprint density at radius 1 is 1.45 bits per heavy atom. The molecule has 0 saturated heterocycles. The van der Waals surface area contributed by atoms with E-state index in [1.54, 1.807) is 6.07 Å². The molecule has 1 aromatic heterocycles. The Hall–Kier alpha value is -2.02. The van der Waals surface area contributed by atoms with Gasteiger partial charge < -0.3 is 0 Å². The minimum absolute atomic E-state index is 0.101. The van der Waals surface area contributed by atoms with E-state index < -0.39 is 5.82 Å². The fraction of sp³-hybridized carbons (Fsp3) is 0.231. The number of nitrogens with one attached hydrogen (secondary N) is 1. The number of fused-ring (bicyclic) bond motifs is 1. The summed E-state index contributed by atoms with van der Waals surface area (Å²) in [5.74, 6) is 0.630. The van der Waals surface area contributed by atoms with Crippen LogP contribution in [0.4, 0.5) is 10.1 Å². The summed E-state index contributed by atoms with van der Waals surface area (Å²) in [6, 6.07) is 4.44. The zero-order valence-corrected chi connectivity index (χ0v) is 11.5. The molecule has 2 aromatic rings. The topological polar surface area (TPSA) is 71.0 Å². The van der Waals surface area contributed by atoms with Crippen molar-refractivity contribution < 1.29 is 9.18 Å². The molecule has 1 N–H and O–H groups in total. The summed E-state index contributed by atoms with van der Waals surface area (Å²) in [4.78, 5) is 20.4. The highest BCUT2D eigenvalue weighted by Crippen LogP contribution is 2.29. The molecule has 20 heavy (non-hydrogen) atoms. The zero-order valence-electron chi connectivity index (χ0n) is 10.7. The molecule has 2 heterocycles. The number of hydrogen-bond acceptors (Lipinski definition) is 5. The summed E-state index contributed by atoms with van der Waals surface area (Å²) in [6.07, 6.45) is 0.215. The summed E-state index contributed by atoms with van der Waals surface area (Å²) in [5, 5.41) is 7.33. The number of aromatic nitrogens is 3. The minimum atomic E-state index is -0.466. The van der Waals surface area contributed by atoms with Gasteiger partial charge in [-0.05, 0) is 19.1 Å². The summed E-state index contributed by atoms with van der Waals surface area (Å²) in [5.41, 5.74) is 1.14. The number of ketones is 1.